The van der Waals surface area contributed by atoms with Crippen molar-refractivity contribution in [2.75, 3.05) is 6.26 Å². The van der Waals surface area contributed by atoms with Gasteiger partial charge in [-0.25, -0.2) is 8.42 Å². The Morgan fingerprint density at radius 3 is 2.59 bits per heavy atom. The lowest BCUT2D eigenvalue weighted by Crippen LogP contribution is -2.36. The molecule has 1 aliphatic rings. The first-order valence-corrected chi connectivity index (χ1v) is 7.73. The number of rotatable bonds is 3. The van der Waals surface area contributed by atoms with E-state index in [1.54, 1.807) is 0 Å². The Balaban J connectivity index is 2.11. The Labute approximate surface area is 101 Å². The molecule has 0 aliphatic heterocycles. The molecule has 0 bridgehead atoms. The van der Waals surface area contributed by atoms with E-state index in [4.69, 9.17) is 0 Å². The van der Waals surface area contributed by atoms with Crippen molar-refractivity contribution >= 4 is 9.84 Å². The van der Waals surface area contributed by atoms with Gasteiger partial charge in [0.2, 0.25) is 0 Å². The Morgan fingerprint density at radius 2 is 2.06 bits per heavy atom. The van der Waals surface area contributed by atoms with Gasteiger partial charge in [0.25, 0.3) is 0 Å². The fourth-order valence-electron chi connectivity index (χ4n) is 2.29. The van der Waals surface area contributed by atoms with Crippen LogP contribution in [0.2, 0.25) is 0 Å². The molecule has 0 aromatic carbocycles. The SMILES string of the molecule is CS(=O)(=O)c1cnn(CC2(O)CCCCC2)c1. The zero-order chi connectivity index (χ0) is 12.5. The average molecular weight is 258 g/mol. The van der Waals surface area contributed by atoms with Gasteiger partial charge in [-0.2, -0.15) is 5.10 Å². The van der Waals surface area contributed by atoms with E-state index in [9.17, 15) is 13.5 Å². The monoisotopic (exact) mass is 258 g/mol. The minimum absolute atomic E-state index is 0.205. The van der Waals surface area contributed by atoms with E-state index in [0.29, 0.717) is 6.54 Å². The molecule has 17 heavy (non-hydrogen) atoms. The zero-order valence-electron chi connectivity index (χ0n) is 9.96. The molecule has 1 saturated carbocycles. The van der Waals surface area contributed by atoms with Gasteiger partial charge in [-0.15, -0.1) is 0 Å². The van der Waals surface area contributed by atoms with Crippen molar-refractivity contribution in [2.45, 2.75) is 49.1 Å². The standard InChI is InChI=1S/C11H18N2O3S/c1-17(15,16)10-7-12-13(8-10)9-11(14)5-3-2-4-6-11/h7-8,14H,2-6,9H2,1H3. The minimum atomic E-state index is -3.21. The van der Waals surface area contributed by atoms with E-state index in [1.165, 1.54) is 17.1 Å². The lowest BCUT2D eigenvalue weighted by Gasteiger charge is -2.31. The molecule has 96 valence electrons. The number of aromatic nitrogens is 2. The lowest BCUT2D eigenvalue weighted by atomic mass is 9.85. The first-order chi connectivity index (χ1) is 7.89. The molecule has 1 aromatic heterocycles. The number of hydrogen-bond acceptors (Lipinski definition) is 4. The van der Waals surface area contributed by atoms with Crippen LogP contribution in [0, 0.1) is 0 Å². The van der Waals surface area contributed by atoms with Crippen LogP contribution >= 0.6 is 0 Å². The topological polar surface area (TPSA) is 72.2 Å². The summed E-state index contributed by atoms with van der Waals surface area (Å²) >= 11 is 0. The molecule has 0 atom stereocenters. The second kappa shape index (κ2) is 4.42. The summed E-state index contributed by atoms with van der Waals surface area (Å²) in [5.41, 5.74) is -0.723. The number of hydrogen-bond donors (Lipinski definition) is 1. The van der Waals surface area contributed by atoms with Gasteiger partial charge in [0.1, 0.15) is 4.90 Å². The van der Waals surface area contributed by atoms with Crippen molar-refractivity contribution in [3.8, 4) is 0 Å². The Bertz CT molecular complexity index is 487. The van der Waals surface area contributed by atoms with Gasteiger partial charge in [-0.1, -0.05) is 19.3 Å². The summed E-state index contributed by atoms with van der Waals surface area (Å²) in [6.07, 6.45) is 8.72. The van der Waals surface area contributed by atoms with Crippen LogP contribution in [-0.2, 0) is 16.4 Å². The highest BCUT2D eigenvalue weighted by atomic mass is 32.2. The minimum Gasteiger partial charge on any atom is -0.388 e. The second-order valence-electron chi connectivity index (χ2n) is 4.93. The molecular formula is C11H18N2O3S. The summed E-state index contributed by atoms with van der Waals surface area (Å²) in [5.74, 6) is 0. The maximum Gasteiger partial charge on any atom is 0.178 e. The third-order valence-corrected chi connectivity index (χ3v) is 4.35. The van der Waals surface area contributed by atoms with Crippen LogP contribution in [0.3, 0.4) is 0 Å². The molecule has 6 heteroatoms. The molecule has 5 nitrogen and oxygen atoms in total. The van der Waals surface area contributed by atoms with Crippen molar-refractivity contribution < 1.29 is 13.5 Å². The molecule has 0 saturated heterocycles. The van der Waals surface area contributed by atoms with E-state index in [0.717, 1.165) is 38.4 Å². The molecule has 0 amide bonds. The van der Waals surface area contributed by atoms with E-state index < -0.39 is 15.4 Å². The number of sulfone groups is 1. The van der Waals surface area contributed by atoms with Crippen molar-refractivity contribution in [3.63, 3.8) is 0 Å². The van der Waals surface area contributed by atoms with Crippen LogP contribution in [0.15, 0.2) is 17.3 Å². The molecular weight excluding hydrogens is 240 g/mol. The number of nitrogens with zero attached hydrogens (tertiary/aromatic N) is 2. The van der Waals surface area contributed by atoms with E-state index >= 15 is 0 Å². The smallest absolute Gasteiger partial charge is 0.178 e. The molecule has 1 aliphatic carbocycles. The summed E-state index contributed by atoms with van der Waals surface area (Å²) in [6.45, 7) is 0.377. The molecule has 1 N–H and O–H groups in total. The summed E-state index contributed by atoms with van der Waals surface area (Å²) in [4.78, 5) is 0.205. The van der Waals surface area contributed by atoms with Gasteiger partial charge < -0.3 is 5.11 Å². The van der Waals surface area contributed by atoms with Crippen LogP contribution in [0.25, 0.3) is 0 Å². The predicted molar refractivity (Wildman–Crippen MR) is 63.4 cm³/mol. The van der Waals surface area contributed by atoms with Gasteiger partial charge in [0, 0.05) is 12.5 Å². The summed E-state index contributed by atoms with van der Waals surface area (Å²) in [7, 11) is -3.21. The fourth-order valence-corrected chi connectivity index (χ4v) is 2.84. The maximum absolute atomic E-state index is 11.3. The molecule has 0 unspecified atom stereocenters. The lowest BCUT2D eigenvalue weighted by molar-refractivity contribution is -0.0143. The van der Waals surface area contributed by atoms with Crippen molar-refractivity contribution in [2.24, 2.45) is 0 Å². The number of aliphatic hydroxyl groups is 1. The van der Waals surface area contributed by atoms with E-state index in [1.807, 2.05) is 0 Å². The Hall–Kier alpha value is -0.880. The van der Waals surface area contributed by atoms with E-state index in [2.05, 4.69) is 5.10 Å². The van der Waals surface area contributed by atoms with Crippen molar-refractivity contribution in [1.82, 2.24) is 9.78 Å². The van der Waals surface area contributed by atoms with Crippen molar-refractivity contribution in [3.05, 3.63) is 12.4 Å². The maximum atomic E-state index is 11.3. The molecule has 1 fully saturated rings. The molecule has 1 heterocycles. The predicted octanol–water partition coefficient (Wildman–Crippen LogP) is 0.982. The first kappa shape index (κ1) is 12.6. The molecule has 0 spiro atoms. The van der Waals surface area contributed by atoms with Crippen molar-refractivity contribution in [1.29, 1.82) is 0 Å². The first-order valence-electron chi connectivity index (χ1n) is 5.84. The highest BCUT2D eigenvalue weighted by Crippen LogP contribution is 2.29. The normalized spacial score (nSPS) is 20.4. The molecule has 2 rings (SSSR count). The summed E-state index contributed by atoms with van der Waals surface area (Å²) in [6, 6.07) is 0. The molecule has 0 radical (unpaired) electrons. The summed E-state index contributed by atoms with van der Waals surface area (Å²) < 4.78 is 24.1. The zero-order valence-corrected chi connectivity index (χ0v) is 10.8. The van der Waals surface area contributed by atoms with Gasteiger partial charge in [-0.3, -0.25) is 4.68 Å². The third kappa shape index (κ3) is 3.07. The van der Waals surface area contributed by atoms with Gasteiger partial charge >= 0.3 is 0 Å². The van der Waals surface area contributed by atoms with Gasteiger partial charge in [0.15, 0.2) is 9.84 Å². The van der Waals surface area contributed by atoms with Crippen LogP contribution < -0.4 is 0 Å². The van der Waals surface area contributed by atoms with Crippen LogP contribution in [0.1, 0.15) is 32.1 Å². The average Bonchev–Trinajstić information content (AvgIpc) is 2.66. The third-order valence-electron chi connectivity index (χ3n) is 3.28. The quantitative estimate of drug-likeness (QED) is 0.877. The van der Waals surface area contributed by atoms with Crippen LogP contribution in [0.4, 0.5) is 0 Å². The Morgan fingerprint density at radius 1 is 1.41 bits per heavy atom. The highest BCUT2D eigenvalue weighted by molar-refractivity contribution is 7.90. The van der Waals surface area contributed by atoms with Gasteiger partial charge in [-0.05, 0) is 12.8 Å². The van der Waals surface area contributed by atoms with Gasteiger partial charge in [0.05, 0.1) is 18.3 Å². The summed E-state index contributed by atoms with van der Waals surface area (Å²) in [5, 5.41) is 14.3. The fraction of sp³-hybridized carbons (Fsp3) is 0.727. The molecule has 1 aromatic rings. The van der Waals surface area contributed by atoms with Crippen LogP contribution in [0.5, 0.6) is 0 Å². The second-order valence-corrected chi connectivity index (χ2v) is 6.95. The largest absolute Gasteiger partial charge is 0.388 e. The highest BCUT2D eigenvalue weighted by Gasteiger charge is 2.30. The van der Waals surface area contributed by atoms with E-state index in [-0.39, 0.29) is 4.90 Å². The van der Waals surface area contributed by atoms with Crippen LogP contribution in [-0.4, -0.2) is 35.2 Å². The Kier molecular flexibility index (Phi) is 3.27.